The quantitative estimate of drug-likeness (QED) is 0.919. The largest absolute Gasteiger partial charge is 0.492 e. The lowest BCUT2D eigenvalue weighted by atomic mass is 10.2. The van der Waals surface area contributed by atoms with Crippen LogP contribution in [0.25, 0.3) is 0 Å². The van der Waals surface area contributed by atoms with E-state index in [1.54, 1.807) is 0 Å². The number of β-amino-alcohol motifs (C(OH)–C–C–N with tert-alkyl or cyclic N) is 1. The van der Waals surface area contributed by atoms with Crippen LogP contribution in [0.1, 0.15) is 5.56 Å². The molecule has 0 aromatic heterocycles. The van der Waals surface area contributed by atoms with Crippen molar-refractivity contribution < 1.29 is 27.9 Å². The third-order valence-electron chi connectivity index (χ3n) is 2.95. The van der Waals surface area contributed by atoms with Crippen molar-refractivity contribution in [2.24, 2.45) is 0 Å². The van der Waals surface area contributed by atoms with Gasteiger partial charge in [-0.25, -0.2) is 4.79 Å². The average Bonchev–Trinajstić information content (AvgIpc) is 2.76. The van der Waals surface area contributed by atoms with Gasteiger partial charge in [0.2, 0.25) is 0 Å². The summed E-state index contributed by atoms with van der Waals surface area (Å²) in [4.78, 5) is 15.0. The molecule has 1 aromatic carbocycles. The Labute approximate surface area is 123 Å². The van der Waals surface area contributed by atoms with Crippen molar-refractivity contribution in [3.05, 3.63) is 35.9 Å². The maximum atomic E-state index is 12.1. The summed E-state index contributed by atoms with van der Waals surface area (Å²) in [6.45, 7) is -0.0469. The zero-order chi connectivity index (χ0) is 15.5. The van der Waals surface area contributed by atoms with Crippen LogP contribution in [0.2, 0.25) is 0 Å². The smallest absolute Gasteiger partial charge is 0.390 e. The number of halogens is 3. The molecule has 2 rings (SSSR count). The summed E-state index contributed by atoms with van der Waals surface area (Å²) in [6.07, 6.45) is -5.86. The van der Waals surface area contributed by atoms with Crippen LogP contribution in [0, 0.1) is 0 Å². The van der Waals surface area contributed by atoms with E-state index in [1.165, 1.54) is 11.8 Å². The van der Waals surface area contributed by atoms with Crippen LogP contribution in [0.4, 0.5) is 13.2 Å². The molecule has 116 valence electrons. The fraction of sp³-hybridized carbons (Fsp3) is 0.462. The number of hydrogen-bond acceptors (Lipinski definition) is 5. The van der Waals surface area contributed by atoms with Crippen molar-refractivity contribution >= 4 is 17.7 Å². The molecule has 1 aliphatic heterocycles. The predicted molar refractivity (Wildman–Crippen MR) is 71.3 cm³/mol. The molecule has 2 unspecified atom stereocenters. The van der Waals surface area contributed by atoms with E-state index in [4.69, 9.17) is 0 Å². The Morgan fingerprint density at radius 3 is 2.62 bits per heavy atom. The number of rotatable bonds is 4. The molecule has 1 aromatic rings. The van der Waals surface area contributed by atoms with Crippen molar-refractivity contribution in [2.45, 2.75) is 23.3 Å². The first-order chi connectivity index (χ1) is 9.86. The van der Waals surface area contributed by atoms with E-state index in [9.17, 15) is 23.1 Å². The second-order valence-electron chi connectivity index (χ2n) is 4.63. The van der Waals surface area contributed by atoms with Crippen LogP contribution in [0.5, 0.6) is 0 Å². The van der Waals surface area contributed by atoms with Gasteiger partial charge in [0.05, 0.1) is 12.6 Å². The highest BCUT2D eigenvalue weighted by atomic mass is 32.2. The summed E-state index contributed by atoms with van der Waals surface area (Å²) >= 11 is 1.42. The first-order valence-corrected chi connectivity index (χ1v) is 7.29. The number of hydroxylamine groups is 2. The Morgan fingerprint density at radius 1 is 1.33 bits per heavy atom. The van der Waals surface area contributed by atoms with Gasteiger partial charge in [-0.3, -0.25) is 0 Å². The Morgan fingerprint density at radius 2 is 2.00 bits per heavy atom. The van der Waals surface area contributed by atoms with E-state index >= 15 is 0 Å². The molecule has 0 radical (unpaired) electrons. The molecule has 21 heavy (non-hydrogen) atoms. The molecular weight excluding hydrogens is 307 g/mol. The third kappa shape index (κ3) is 4.62. The van der Waals surface area contributed by atoms with Gasteiger partial charge in [-0.1, -0.05) is 30.3 Å². The Hall–Kier alpha value is -1.25. The summed E-state index contributed by atoms with van der Waals surface area (Å²) in [6, 6.07) is 9.51. The lowest BCUT2D eigenvalue weighted by molar-refractivity contribution is -0.235. The minimum atomic E-state index is -5.03. The van der Waals surface area contributed by atoms with Gasteiger partial charge in [0, 0.05) is 17.5 Å². The van der Waals surface area contributed by atoms with Crippen molar-refractivity contribution in [3.63, 3.8) is 0 Å². The van der Waals surface area contributed by atoms with E-state index in [2.05, 4.69) is 4.84 Å². The van der Waals surface area contributed by atoms with E-state index in [1.807, 2.05) is 30.3 Å². The van der Waals surface area contributed by atoms with Gasteiger partial charge in [-0.2, -0.15) is 13.2 Å². The average molecular weight is 321 g/mol. The van der Waals surface area contributed by atoms with Crippen molar-refractivity contribution in [1.82, 2.24) is 5.06 Å². The highest BCUT2D eigenvalue weighted by molar-refractivity contribution is 7.99. The van der Waals surface area contributed by atoms with Crippen LogP contribution in [-0.2, 0) is 15.4 Å². The lowest BCUT2D eigenvalue weighted by Crippen LogP contribution is -2.34. The van der Waals surface area contributed by atoms with Crippen molar-refractivity contribution in [3.8, 4) is 0 Å². The van der Waals surface area contributed by atoms with E-state index in [0.717, 1.165) is 10.6 Å². The van der Waals surface area contributed by atoms with E-state index in [-0.39, 0.29) is 18.3 Å². The summed E-state index contributed by atoms with van der Waals surface area (Å²) in [5, 5.41) is 10.4. The molecule has 1 aliphatic rings. The van der Waals surface area contributed by atoms with Gasteiger partial charge < -0.3 is 9.94 Å². The summed E-state index contributed by atoms with van der Waals surface area (Å²) in [7, 11) is 0. The number of aliphatic hydroxyl groups is 1. The molecule has 0 spiro atoms. The molecule has 1 saturated heterocycles. The molecule has 1 N–H and O–H groups in total. The maximum absolute atomic E-state index is 12.1. The minimum absolute atomic E-state index is 0.0699. The summed E-state index contributed by atoms with van der Waals surface area (Å²) < 4.78 is 36.3. The Bertz CT molecular complexity index is 483. The van der Waals surface area contributed by atoms with Crippen LogP contribution >= 0.6 is 11.8 Å². The molecule has 8 heteroatoms. The van der Waals surface area contributed by atoms with Gasteiger partial charge in [0.1, 0.15) is 0 Å². The lowest BCUT2D eigenvalue weighted by Gasteiger charge is -2.15. The number of alkyl halides is 3. The topological polar surface area (TPSA) is 49.8 Å². The molecule has 1 fully saturated rings. The zero-order valence-electron chi connectivity index (χ0n) is 10.9. The van der Waals surface area contributed by atoms with Gasteiger partial charge in [0.15, 0.2) is 0 Å². The van der Waals surface area contributed by atoms with Crippen LogP contribution in [0.15, 0.2) is 30.3 Å². The van der Waals surface area contributed by atoms with Crippen molar-refractivity contribution in [2.75, 3.05) is 13.1 Å². The first kappa shape index (κ1) is 16.1. The molecule has 4 nitrogen and oxygen atoms in total. The summed E-state index contributed by atoms with van der Waals surface area (Å²) in [5.41, 5.74) is 1.06. The highest BCUT2D eigenvalue weighted by Crippen LogP contribution is 2.27. The van der Waals surface area contributed by atoms with Crippen LogP contribution < -0.4 is 0 Å². The number of hydrogen-bond donors (Lipinski definition) is 1. The normalized spacial score (nSPS) is 23.2. The van der Waals surface area contributed by atoms with Gasteiger partial charge in [-0.05, 0) is 5.56 Å². The molecule has 0 amide bonds. The number of thioether (sulfide) groups is 1. The Kier molecular flexibility index (Phi) is 5.13. The number of carbonyl (C=O) groups is 1. The maximum Gasteiger partial charge on any atom is 0.492 e. The highest BCUT2D eigenvalue weighted by Gasteiger charge is 2.44. The standard InChI is InChI=1S/C13H14F3NO3S/c14-13(15,16)12(19)20-17-6-10(18)11(7-17)21-8-9-4-2-1-3-5-9/h1-5,10-11,18H,6-8H2. The van der Waals surface area contributed by atoms with Crippen LogP contribution in [-0.4, -0.2) is 46.8 Å². The van der Waals surface area contributed by atoms with Crippen LogP contribution in [0.3, 0.4) is 0 Å². The second kappa shape index (κ2) is 6.67. The first-order valence-electron chi connectivity index (χ1n) is 6.24. The molecule has 1 heterocycles. The molecular formula is C13H14F3NO3S. The monoisotopic (exact) mass is 321 g/mol. The van der Waals surface area contributed by atoms with Gasteiger partial charge in [0.25, 0.3) is 0 Å². The predicted octanol–water partition coefficient (Wildman–Crippen LogP) is 1.99. The third-order valence-corrected chi connectivity index (χ3v) is 4.35. The zero-order valence-corrected chi connectivity index (χ0v) is 11.7. The van der Waals surface area contributed by atoms with E-state index in [0.29, 0.717) is 5.75 Å². The fourth-order valence-corrected chi connectivity index (χ4v) is 3.09. The molecule has 0 saturated carbocycles. The molecule has 0 aliphatic carbocycles. The van der Waals surface area contributed by atoms with Gasteiger partial charge >= 0.3 is 12.1 Å². The minimum Gasteiger partial charge on any atom is -0.390 e. The summed E-state index contributed by atoms with van der Waals surface area (Å²) in [5.74, 6) is -1.63. The number of carbonyl (C=O) groups excluding carboxylic acids is 1. The fourth-order valence-electron chi connectivity index (χ4n) is 1.91. The SMILES string of the molecule is O=C(ON1CC(O)C(SCc2ccccc2)C1)C(F)(F)F. The molecule has 0 bridgehead atoms. The second-order valence-corrected chi connectivity index (χ2v) is 5.85. The number of nitrogens with zero attached hydrogens (tertiary/aromatic N) is 1. The molecule has 2 atom stereocenters. The van der Waals surface area contributed by atoms with Gasteiger partial charge in [-0.15, -0.1) is 16.8 Å². The van der Waals surface area contributed by atoms with E-state index < -0.39 is 18.2 Å². The number of benzene rings is 1. The Balaban J connectivity index is 1.82. The number of aliphatic hydroxyl groups excluding tert-OH is 1. The van der Waals surface area contributed by atoms with Crippen molar-refractivity contribution in [1.29, 1.82) is 0 Å².